The van der Waals surface area contributed by atoms with Crippen molar-refractivity contribution >= 4 is 5.91 Å². The summed E-state index contributed by atoms with van der Waals surface area (Å²) in [6.07, 6.45) is 2.28. The second kappa shape index (κ2) is 6.47. The molecule has 2 aliphatic heterocycles. The predicted octanol–water partition coefficient (Wildman–Crippen LogP) is 1.23. The van der Waals surface area contributed by atoms with Crippen LogP contribution >= 0.6 is 0 Å². The zero-order valence-corrected chi connectivity index (χ0v) is 13.5. The highest BCUT2D eigenvalue weighted by molar-refractivity contribution is 5.83. The molecule has 6 heteroatoms. The molecule has 1 aromatic rings. The van der Waals surface area contributed by atoms with E-state index in [1.807, 2.05) is 12.1 Å². The predicted molar refractivity (Wildman–Crippen MR) is 84.2 cm³/mol. The van der Waals surface area contributed by atoms with Gasteiger partial charge in [-0.15, -0.1) is 0 Å². The Morgan fingerprint density at radius 3 is 2.65 bits per heavy atom. The summed E-state index contributed by atoms with van der Waals surface area (Å²) in [5, 5.41) is 12.5. The molecule has 0 radical (unpaired) electrons. The highest BCUT2D eigenvalue weighted by atomic mass is 16.5. The van der Waals surface area contributed by atoms with Crippen LogP contribution in [0.1, 0.15) is 24.0 Å². The molecule has 2 heterocycles. The molecule has 1 aromatic carbocycles. The van der Waals surface area contributed by atoms with Crippen molar-refractivity contribution < 1.29 is 14.3 Å². The molecule has 1 saturated heterocycles. The smallest absolute Gasteiger partial charge is 0.241 e. The quantitative estimate of drug-likeness (QED) is 0.908. The Morgan fingerprint density at radius 1 is 1.30 bits per heavy atom. The molecule has 0 aromatic heterocycles. The Hall–Kier alpha value is -2.26. The van der Waals surface area contributed by atoms with Crippen molar-refractivity contribution in [1.29, 1.82) is 5.26 Å². The van der Waals surface area contributed by atoms with Crippen molar-refractivity contribution in [3.05, 3.63) is 23.3 Å². The third kappa shape index (κ3) is 2.84. The minimum Gasteiger partial charge on any atom is -0.493 e. The maximum absolute atomic E-state index is 12.7. The number of methoxy groups -OCH3 is 2. The SMILES string of the molecule is COc1cc2c(cc1OC)CC(C(=O)N1CCC[C@H]1C#N)NC2. The number of nitrogens with zero attached hydrogens (tertiary/aromatic N) is 2. The molecule has 1 unspecified atom stereocenters. The van der Waals surface area contributed by atoms with Gasteiger partial charge in [-0.2, -0.15) is 5.26 Å². The van der Waals surface area contributed by atoms with Crippen molar-refractivity contribution in [1.82, 2.24) is 10.2 Å². The van der Waals surface area contributed by atoms with Gasteiger partial charge in [0.15, 0.2) is 11.5 Å². The van der Waals surface area contributed by atoms with Crippen molar-refractivity contribution in [3.8, 4) is 17.6 Å². The van der Waals surface area contributed by atoms with Crippen LogP contribution < -0.4 is 14.8 Å². The lowest BCUT2D eigenvalue weighted by Crippen LogP contribution is -2.50. The number of carbonyl (C=O) groups is 1. The molecule has 0 bridgehead atoms. The van der Waals surface area contributed by atoms with Gasteiger partial charge in [0.05, 0.1) is 26.3 Å². The minimum absolute atomic E-state index is 0.0227. The number of fused-ring (bicyclic) bond motifs is 1. The fourth-order valence-electron chi connectivity index (χ4n) is 3.38. The van der Waals surface area contributed by atoms with Gasteiger partial charge in [-0.1, -0.05) is 0 Å². The summed E-state index contributed by atoms with van der Waals surface area (Å²) in [6.45, 7) is 1.28. The largest absolute Gasteiger partial charge is 0.493 e. The maximum Gasteiger partial charge on any atom is 0.241 e. The third-order valence-electron chi connectivity index (χ3n) is 4.65. The number of ether oxygens (including phenoxy) is 2. The van der Waals surface area contributed by atoms with Crippen LogP contribution in [0.25, 0.3) is 0 Å². The first kappa shape index (κ1) is 15.6. The normalized spacial score (nSPS) is 23.1. The van der Waals surface area contributed by atoms with Gasteiger partial charge < -0.3 is 19.7 Å². The van der Waals surface area contributed by atoms with Gasteiger partial charge in [0.1, 0.15) is 6.04 Å². The summed E-state index contributed by atoms with van der Waals surface area (Å²) in [4.78, 5) is 14.4. The molecule has 122 valence electrons. The Bertz CT molecular complexity index is 653. The highest BCUT2D eigenvalue weighted by Crippen LogP contribution is 2.33. The first-order valence-electron chi connectivity index (χ1n) is 7.85. The Labute approximate surface area is 136 Å². The van der Waals surface area contributed by atoms with E-state index >= 15 is 0 Å². The highest BCUT2D eigenvalue weighted by Gasteiger charge is 2.34. The molecule has 2 aliphatic rings. The average molecular weight is 315 g/mol. The van der Waals surface area contributed by atoms with Crippen molar-refractivity contribution in [3.63, 3.8) is 0 Å². The van der Waals surface area contributed by atoms with Crippen LogP contribution in [0.4, 0.5) is 0 Å². The summed E-state index contributed by atoms with van der Waals surface area (Å²) in [5.41, 5.74) is 2.21. The molecule has 1 amide bonds. The zero-order valence-electron chi connectivity index (χ0n) is 13.5. The van der Waals surface area contributed by atoms with E-state index in [1.165, 1.54) is 0 Å². The summed E-state index contributed by atoms with van der Waals surface area (Å²) in [5.74, 6) is 1.40. The van der Waals surface area contributed by atoms with Gasteiger partial charge in [-0.05, 0) is 42.5 Å². The molecule has 1 N–H and O–H groups in total. The molecule has 1 fully saturated rings. The van der Waals surface area contributed by atoms with Crippen LogP contribution in [0.5, 0.6) is 11.5 Å². The number of nitriles is 1. The van der Waals surface area contributed by atoms with Crippen LogP contribution in [0.3, 0.4) is 0 Å². The molecular formula is C17H21N3O3. The van der Waals surface area contributed by atoms with E-state index in [-0.39, 0.29) is 18.0 Å². The van der Waals surface area contributed by atoms with Crippen LogP contribution in [-0.4, -0.2) is 43.7 Å². The number of carbonyl (C=O) groups excluding carboxylic acids is 1. The summed E-state index contributed by atoms with van der Waals surface area (Å²) in [7, 11) is 3.22. The van der Waals surface area contributed by atoms with Crippen LogP contribution in [-0.2, 0) is 17.8 Å². The molecule has 3 rings (SSSR count). The van der Waals surface area contributed by atoms with E-state index in [1.54, 1.807) is 19.1 Å². The number of rotatable bonds is 3. The monoisotopic (exact) mass is 315 g/mol. The van der Waals surface area contributed by atoms with E-state index in [0.29, 0.717) is 31.0 Å². The fourth-order valence-corrected chi connectivity index (χ4v) is 3.38. The lowest BCUT2D eigenvalue weighted by atomic mass is 9.94. The van der Waals surface area contributed by atoms with E-state index < -0.39 is 0 Å². The first-order chi connectivity index (χ1) is 11.2. The van der Waals surface area contributed by atoms with E-state index in [0.717, 1.165) is 24.0 Å². The van der Waals surface area contributed by atoms with Crippen LogP contribution in [0.15, 0.2) is 12.1 Å². The van der Waals surface area contributed by atoms with E-state index in [4.69, 9.17) is 9.47 Å². The number of nitrogens with one attached hydrogen (secondary N) is 1. The molecule has 0 spiro atoms. The maximum atomic E-state index is 12.7. The second-order valence-corrected chi connectivity index (χ2v) is 5.93. The van der Waals surface area contributed by atoms with Gasteiger partial charge in [-0.3, -0.25) is 4.79 Å². The van der Waals surface area contributed by atoms with Gasteiger partial charge >= 0.3 is 0 Å². The van der Waals surface area contributed by atoms with Gasteiger partial charge in [0.25, 0.3) is 0 Å². The zero-order chi connectivity index (χ0) is 16.4. The van der Waals surface area contributed by atoms with Crippen LogP contribution in [0, 0.1) is 11.3 Å². The van der Waals surface area contributed by atoms with E-state index in [2.05, 4.69) is 11.4 Å². The number of hydrogen-bond acceptors (Lipinski definition) is 5. The molecule has 2 atom stereocenters. The third-order valence-corrected chi connectivity index (χ3v) is 4.65. The number of hydrogen-bond donors (Lipinski definition) is 1. The van der Waals surface area contributed by atoms with Crippen LogP contribution in [0.2, 0.25) is 0 Å². The standard InChI is InChI=1S/C17H21N3O3/c1-22-15-7-11-6-14(19-10-12(11)8-16(15)23-2)17(21)20-5-3-4-13(20)9-18/h7-8,13-14,19H,3-6,10H2,1-2H3/t13-,14?/m0/s1. The fraction of sp³-hybridized carbons (Fsp3) is 0.529. The van der Waals surface area contributed by atoms with Crippen molar-refractivity contribution in [2.45, 2.75) is 37.9 Å². The first-order valence-corrected chi connectivity index (χ1v) is 7.85. The Kier molecular flexibility index (Phi) is 4.39. The lowest BCUT2D eigenvalue weighted by molar-refractivity contribution is -0.133. The number of benzene rings is 1. The minimum atomic E-state index is -0.283. The van der Waals surface area contributed by atoms with Gasteiger partial charge in [0, 0.05) is 13.1 Å². The van der Waals surface area contributed by atoms with E-state index in [9.17, 15) is 10.1 Å². The number of amides is 1. The van der Waals surface area contributed by atoms with Gasteiger partial charge in [-0.25, -0.2) is 0 Å². The second-order valence-electron chi connectivity index (χ2n) is 5.93. The van der Waals surface area contributed by atoms with Gasteiger partial charge in [0.2, 0.25) is 5.91 Å². The molecule has 0 saturated carbocycles. The Balaban J connectivity index is 1.80. The molecule has 6 nitrogen and oxygen atoms in total. The molecule has 0 aliphatic carbocycles. The molecular weight excluding hydrogens is 294 g/mol. The summed E-state index contributed by atoms with van der Waals surface area (Å²) in [6, 6.07) is 5.56. The van der Waals surface area contributed by atoms with Crippen molar-refractivity contribution in [2.24, 2.45) is 0 Å². The Morgan fingerprint density at radius 2 is 2.00 bits per heavy atom. The lowest BCUT2D eigenvalue weighted by Gasteiger charge is -2.30. The topological polar surface area (TPSA) is 74.6 Å². The summed E-state index contributed by atoms with van der Waals surface area (Å²) < 4.78 is 10.7. The summed E-state index contributed by atoms with van der Waals surface area (Å²) >= 11 is 0. The average Bonchev–Trinajstić information content (AvgIpc) is 3.07. The molecule has 23 heavy (non-hydrogen) atoms. The van der Waals surface area contributed by atoms with Crippen molar-refractivity contribution in [2.75, 3.05) is 20.8 Å². The number of likely N-dealkylation sites (tertiary alicyclic amines) is 1.